The molecule has 0 radical (unpaired) electrons. The summed E-state index contributed by atoms with van der Waals surface area (Å²) >= 11 is 5.78. The number of nitro benzene ring substituents is 1. The van der Waals surface area contributed by atoms with Crippen molar-refractivity contribution in [3.05, 3.63) is 62.9 Å². The number of halogens is 2. The number of nitrogens with zero attached hydrogens (tertiary/aromatic N) is 1. The highest BCUT2D eigenvalue weighted by atomic mass is 35.5. The maximum absolute atomic E-state index is 13.0. The summed E-state index contributed by atoms with van der Waals surface area (Å²) in [6, 6.07) is 6.75. The Morgan fingerprint density at radius 3 is 2.56 bits per heavy atom. The van der Waals surface area contributed by atoms with Crippen molar-refractivity contribution in [2.75, 3.05) is 12.4 Å². The summed E-state index contributed by atoms with van der Waals surface area (Å²) < 4.78 is 23.1. The van der Waals surface area contributed by atoms with Crippen molar-refractivity contribution in [3.63, 3.8) is 0 Å². The molecular weight excluding hydrogens is 383 g/mol. The highest BCUT2D eigenvalue weighted by Crippen LogP contribution is 2.29. The van der Waals surface area contributed by atoms with Crippen molar-refractivity contribution in [2.24, 2.45) is 0 Å². The first-order valence-electron chi connectivity index (χ1n) is 7.52. The van der Waals surface area contributed by atoms with Crippen molar-refractivity contribution in [1.82, 2.24) is 0 Å². The van der Waals surface area contributed by atoms with Crippen molar-refractivity contribution < 1.29 is 28.4 Å². The van der Waals surface area contributed by atoms with E-state index in [1.807, 2.05) is 0 Å². The molecule has 2 rings (SSSR count). The van der Waals surface area contributed by atoms with Gasteiger partial charge in [0.2, 0.25) is 0 Å². The highest BCUT2D eigenvalue weighted by Gasteiger charge is 2.22. The van der Waals surface area contributed by atoms with Crippen molar-refractivity contribution in [2.45, 2.75) is 13.0 Å². The smallest absolute Gasteiger partial charge is 0.340 e. The number of carbonyl (C=O) groups is 2. The maximum atomic E-state index is 13.0. The average Bonchev–Trinajstić information content (AvgIpc) is 2.61. The Morgan fingerprint density at radius 2 is 1.96 bits per heavy atom. The van der Waals surface area contributed by atoms with Crippen LogP contribution in [-0.2, 0) is 9.53 Å². The van der Waals surface area contributed by atoms with Crippen LogP contribution in [0.2, 0.25) is 5.02 Å². The fourth-order valence-electron chi connectivity index (χ4n) is 2.06. The predicted octanol–water partition coefficient (Wildman–Crippen LogP) is 3.58. The minimum Gasteiger partial charge on any atom is -0.494 e. The van der Waals surface area contributed by atoms with Crippen LogP contribution in [0.4, 0.5) is 15.8 Å². The highest BCUT2D eigenvalue weighted by molar-refractivity contribution is 6.33. The molecule has 1 atom stereocenters. The molecule has 0 aliphatic rings. The van der Waals surface area contributed by atoms with Gasteiger partial charge in [-0.05, 0) is 31.2 Å². The predicted molar refractivity (Wildman–Crippen MR) is 94.6 cm³/mol. The zero-order valence-corrected chi connectivity index (χ0v) is 15.0. The largest absolute Gasteiger partial charge is 0.494 e. The molecule has 0 aliphatic heterocycles. The number of ether oxygens (including phenoxy) is 2. The summed E-state index contributed by atoms with van der Waals surface area (Å²) in [5.74, 6) is -2.16. The average molecular weight is 397 g/mol. The van der Waals surface area contributed by atoms with Crippen LogP contribution < -0.4 is 10.1 Å². The third-order valence-electron chi connectivity index (χ3n) is 3.46. The zero-order valence-electron chi connectivity index (χ0n) is 14.2. The lowest BCUT2D eigenvalue weighted by Crippen LogP contribution is -2.30. The number of carbonyl (C=O) groups excluding carboxylic acids is 2. The van der Waals surface area contributed by atoms with Gasteiger partial charge in [-0.15, -0.1) is 0 Å². The van der Waals surface area contributed by atoms with Gasteiger partial charge in [0.05, 0.1) is 34.4 Å². The van der Waals surface area contributed by atoms with Crippen molar-refractivity contribution in [3.8, 4) is 5.75 Å². The minimum atomic E-state index is -1.22. The number of methoxy groups -OCH3 is 1. The normalized spacial score (nSPS) is 11.4. The van der Waals surface area contributed by atoms with E-state index in [0.717, 1.165) is 24.3 Å². The fourth-order valence-corrected chi connectivity index (χ4v) is 2.31. The second kappa shape index (κ2) is 8.45. The first-order chi connectivity index (χ1) is 12.7. The van der Waals surface area contributed by atoms with Crippen molar-refractivity contribution in [1.29, 1.82) is 0 Å². The summed E-state index contributed by atoms with van der Waals surface area (Å²) in [7, 11) is 1.29. The standard InChI is InChI=1S/C17H14ClFN2O6/c1-9(27-17(23)12-5-3-10(19)7-13(12)18)16(22)20-14-6-4-11(21(24)25)8-15(14)26-2/h3-9H,1-2H3,(H,20,22)/t9-/m0/s1. The molecule has 27 heavy (non-hydrogen) atoms. The monoisotopic (exact) mass is 396 g/mol. The number of rotatable bonds is 6. The van der Waals surface area contributed by atoms with Gasteiger partial charge in [0, 0.05) is 6.07 Å². The topological polar surface area (TPSA) is 108 Å². The number of hydrogen-bond acceptors (Lipinski definition) is 6. The van der Waals surface area contributed by atoms with Gasteiger partial charge in [-0.25, -0.2) is 9.18 Å². The third kappa shape index (κ3) is 4.91. The molecule has 0 unspecified atom stereocenters. The molecule has 0 fully saturated rings. The summed E-state index contributed by atoms with van der Waals surface area (Å²) in [5.41, 5.74) is -0.142. The summed E-state index contributed by atoms with van der Waals surface area (Å²) in [5, 5.41) is 13.1. The SMILES string of the molecule is COc1cc([N+](=O)[O-])ccc1NC(=O)[C@H](C)OC(=O)c1ccc(F)cc1Cl. The van der Waals surface area contributed by atoms with E-state index in [1.54, 1.807) is 0 Å². The molecule has 142 valence electrons. The van der Waals surface area contributed by atoms with E-state index >= 15 is 0 Å². The van der Waals surface area contributed by atoms with Gasteiger partial charge >= 0.3 is 5.97 Å². The molecule has 1 N–H and O–H groups in total. The number of nitro groups is 1. The van der Waals surface area contributed by atoms with Gasteiger partial charge in [-0.3, -0.25) is 14.9 Å². The summed E-state index contributed by atoms with van der Waals surface area (Å²) in [4.78, 5) is 34.5. The molecule has 0 aromatic heterocycles. The molecule has 0 saturated heterocycles. The molecule has 1 amide bonds. The van der Waals surface area contributed by atoms with E-state index in [4.69, 9.17) is 21.1 Å². The number of benzene rings is 2. The number of amides is 1. The lowest BCUT2D eigenvalue weighted by atomic mass is 10.2. The molecule has 8 nitrogen and oxygen atoms in total. The van der Waals surface area contributed by atoms with Crippen LogP contribution in [0.1, 0.15) is 17.3 Å². The first kappa shape index (κ1) is 20.1. The molecule has 0 saturated carbocycles. The van der Waals surface area contributed by atoms with E-state index < -0.39 is 28.7 Å². The molecule has 2 aromatic rings. The number of esters is 1. The van der Waals surface area contributed by atoms with Gasteiger partial charge in [0.1, 0.15) is 11.6 Å². The van der Waals surface area contributed by atoms with E-state index in [0.29, 0.717) is 0 Å². The first-order valence-corrected chi connectivity index (χ1v) is 7.90. The Kier molecular flexibility index (Phi) is 6.30. The van der Waals surface area contributed by atoms with Gasteiger partial charge < -0.3 is 14.8 Å². The zero-order chi connectivity index (χ0) is 20.1. The second-order valence-corrected chi connectivity index (χ2v) is 5.71. The van der Waals surface area contributed by atoms with E-state index in [2.05, 4.69) is 5.32 Å². The quantitative estimate of drug-likeness (QED) is 0.454. The lowest BCUT2D eigenvalue weighted by Gasteiger charge is -2.15. The van der Waals surface area contributed by atoms with E-state index in [1.165, 1.54) is 26.2 Å². The maximum Gasteiger partial charge on any atom is 0.340 e. The molecule has 0 spiro atoms. The Bertz CT molecular complexity index is 905. The lowest BCUT2D eigenvalue weighted by molar-refractivity contribution is -0.384. The summed E-state index contributed by atoms with van der Waals surface area (Å²) in [6.07, 6.45) is -1.22. The Morgan fingerprint density at radius 1 is 1.26 bits per heavy atom. The molecule has 2 aromatic carbocycles. The fraction of sp³-hybridized carbons (Fsp3) is 0.176. The number of anilines is 1. The van der Waals surface area contributed by atoms with Crippen molar-refractivity contribution >= 4 is 34.9 Å². The second-order valence-electron chi connectivity index (χ2n) is 5.30. The Balaban J connectivity index is 2.09. The summed E-state index contributed by atoms with van der Waals surface area (Å²) in [6.45, 7) is 1.32. The van der Waals surface area contributed by atoms with E-state index in [9.17, 15) is 24.1 Å². The third-order valence-corrected chi connectivity index (χ3v) is 3.77. The van der Waals surface area contributed by atoms with Crippen LogP contribution in [0.15, 0.2) is 36.4 Å². The van der Waals surface area contributed by atoms with Crippen LogP contribution in [0.5, 0.6) is 5.75 Å². The molecule has 0 bridgehead atoms. The molecule has 0 aliphatic carbocycles. The minimum absolute atomic E-state index is 0.0673. The van der Waals surface area contributed by atoms with Crippen LogP contribution in [-0.4, -0.2) is 30.0 Å². The molecule has 10 heteroatoms. The van der Waals surface area contributed by atoms with Crippen LogP contribution in [0.3, 0.4) is 0 Å². The molecule has 0 heterocycles. The number of nitrogens with one attached hydrogen (secondary N) is 1. The van der Waals surface area contributed by atoms with Gasteiger partial charge in [0.15, 0.2) is 6.10 Å². The number of hydrogen-bond donors (Lipinski definition) is 1. The molecular formula is C17H14ClFN2O6. The van der Waals surface area contributed by atoms with Gasteiger partial charge in [-0.1, -0.05) is 11.6 Å². The van der Waals surface area contributed by atoms with Gasteiger partial charge in [0.25, 0.3) is 11.6 Å². The van der Waals surface area contributed by atoms with Crippen LogP contribution in [0.25, 0.3) is 0 Å². The van der Waals surface area contributed by atoms with Crippen LogP contribution in [0, 0.1) is 15.9 Å². The van der Waals surface area contributed by atoms with Crippen LogP contribution >= 0.6 is 11.6 Å². The van der Waals surface area contributed by atoms with E-state index in [-0.39, 0.29) is 27.7 Å². The number of non-ortho nitro benzene ring substituents is 1. The Hall–Kier alpha value is -3.20. The van der Waals surface area contributed by atoms with Gasteiger partial charge in [-0.2, -0.15) is 0 Å². The Labute approximate surface area is 158 Å².